The number of carbonyl (C=O) groups is 1. The summed E-state index contributed by atoms with van der Waals surface area (Å²) in [5.74, 6) is -1.61. The van der Waals surface area contributed by atoms with E-state index >= 15 is 0 Å². The number of alkyl halides is 3. The van der Waals surface area contributed by atoms with Crippen molar-refractivity contribution in [3.05, 3.63) is 59.5 Å². The van der Waals surface area contributed by atoms with Gasteiger partial charge in [0.15, 0.2) is 0 Å². The summed E-state index contributed by atoms with van der Waals surface area (Å²) in [4.78, 5) is 14.5. The summed E-state index contributed by atoms with van der Waals surface area (Å²) < 4.78 is 44.9. The van der Waals surface area contributed by atoms with Crippen molar-refractivity contribution in [1.82, 2.24) is 10.2 Å². The van der Waals surface area contributed by atoms with Gasteiger partial charge < -0.3 is 14.8 Å². The van der Waals surface area contributed by atoms with E-state index in [2.05, 4.69) is 10.2 Å². The van der Waals surface area contributed by atoms with E-state index in [1.807, 2.05) is 24.3 Å². The molecular formula is C20H23F3N2O3. The number of aliphatic hydroxyl groups is 1. The van der Waals surface area contributed by atoms with Gasteiger partial charge in [0, 0.05) is 13.1 Å². The molecule has 2 N–H and O–H groups in total. The molecule has 0 spiro atoms. The van der Waals surface area contributed by atoms with Crippen molar-refractivity contribution in [1.29, 1.82) is 0 Å². The molecule has 1 amide bonds. The van der Waals surface area contributed by atoms with E-state index in [4.69, 9.17) is 4.42 Å². The Balaban J connectivity index is 1.65. The molecule has 8 heteroatoms. The Bertz CT molecular complexity index is 786. The maximum atomic E-state index is 13.4. The average molecular weight is 396 g/mol. The average Bonchev–Trinajstić information content (AvgIpc) is 3.34. The first-order valence-corrected chi connectivity index (χ1v) is 9.18. The summed E-state index contributed by atoms with van der Waals surface area (Å²) >= 11 is 0. The number of amides is 1. The Morgan fingerprint density at radius 2 is 1.79 bits per heavy atom. The number of likely N-dealkylation sites (tertiary alicyclic amines) is 1. The van der Waals surface area contributed by atoms with E-state index in [0.717, 1.165) is 55.9 Å². The van der Waals surface area contributed by atoms with E-state index in [1.54, 1.807) is 0 Å². The summed E-state index contributed by atoms with van der Waals surface area (Å²) in [6, 6.07) is 9.76. The van der Waals surface area contributed by atoms with E-state index in [1.165, 1.54) is 6.07 Å². The van der Waals surface area contributed by atoms with Crippen molar-refractivity contribution in [3.63, 3.8) is 0 Å². The highest BCUT2D eigenvalue weighted by atomic mass is 19.4. The van der Waals surface area contributed by atoms with Crippen molar-refractivity contribution in [2.45, 2.75) is 44.1 Å². The van der Waals surface area contributed by atoms with Crippen LogP contribution in [-0.4, -0.2) is 35.2 Å². The van der Waals surface area contributed by atoms with Crippen LogP contribution in [-0.2, 0) is 23.5 Å². The summed E-state index contributed by atoms with van der Waals surface area (Å²) in [5.41, 5.74) is -1.49. The second kappa shape index (κ2) is 8.36. The van der Waals surface area contributed by atoms with Gasteiger partial charge in [-0.2, -0.15) is 13.2 Å². The number of furan rings is 1. The van der Waals surface area contributed by atoms with Crippen LogP contribution >= 0.6 is 0 Å². The molecule has 1 atom stereocenters. The minimum atomic E-state index is -5.05. The third-order valence-corrected chi connectivity index (χ3v) is 5.00. The van der Waals surface area contributed by atoms with Crippen LogP contribution in [0.2, 0.25) is 0 Å². The molecule has 1 aromatic heterocycles. The Morgan fingerprint density at radius 3 is 2.39 bits per heavy atom. The van der Waals surface area contributed by atoms with Gasteiger partial charge in [-0.25, -0.2) is 0 Å². The van der Waals surface area contributed by atoms with E-state index < -0.39 is 29.9 Å². The van der Waals surface area contributed by atoms with Gasteiger partial charge in [-0.05, 0) is 49.2 Å². The van der Waals surface area contributed by atoms with E-state index in [9.17, 15) is 23.1 Å². The van der Waals surface area contributed by atoms with Gasteiger partial charge in [0.2, 0.25) is 11.5 Å². The Hall–Kier alpha value is -2.32. The van der Waals surface area contributed by atoms with Crippen LogP contribution in [0.1, 0.15) is 36.1 Å². The summed E-state index contributed by atoms with van der Waals surface area (Å²) in [5, 5.41) is 12.6. The first kappa shape index (κ1) is 20.4. The van der Waals surface area contributed by atoms with Gasteiger partial charge in [0.1, 0.15) is 5.76 Å². The number of nitrogens with one attached hydrogen (secondary N) is 1. The standard InChI is InChI=1S/C20H23F3N2O3/c21-20(22,23)19(27,17-8-5-11-28-17)12-18(26)24-13-15-6-1-2-7-16(15)14-25-9-3-4-10-25/h1-2,5-8,11,27H,3-4,9-10,12-14H2,(H,24,26). The fourth-order valence-corrected chi connectivity index (χ4v) is 3.40. The zero-order valence-electron chi connectivity index (χ0n) is 15.3. The van der Waals surface area contributed by atoms with Crippen LogP contribution in [0.5, 0.6) is 0 Å². The lowest BCUT2D eigenvalue weighted by Gasteiger charge is -2.28. The molecule has 152 valence electrons. The van der Waals surface area contributed by atoms with Crippen LogP contribution in [0.3, 0.4) is 0 Å². The lowest BCUT2D eigenvalue weighted by Crippen LogP contribution is -2.46. The van der Waals surface area contributed by atoms with Crippen molar-refractivity contribution in [2.75, 3.05) is 13.1 Å². The van der Waals surface area contributed by atoms with E-state index in [0.29, 0.717) is 0 Å². The minimum absolute atomic E-state index is 0.0922. The molecule has 0 saturated carbocycles. The molecule has 1 aromatic carbocycles. The number of carbonyl (C=O) groups excluding carboxylic acids is 1. The molecule has 2 heterocycles. The van der Waals surface area contributed by atoms with Crippen molar-refractivity contribution in [3.8, 4) is 0 Å². The second-order valence-electron chi connectivity index (χ2n) is 7.04. The maximum absolute atomic E-state index is 13.4. The molecule has 28 heavy (non-hydrogen) atoms. The van der Waals surface area contributed by atoms with Crippen LogP contribution in [0.25, 0.3) is 0 Å². The van der Waals surface area contributed by atoms with Crippen LogP contribution < -0.4 is 5.32 Å². The zero-order valence-corrected chi connectivity index (χ0v) is 15.3. The lowest BCUT2D eigenvalue weighted by molar-refractivity contribution is -0.273. The molecule has 1 fully saturated rings. The van der Waals surface area contributed by atoms with Gasteiger partial charge in [0.05, 0.1) is 12.7 Å². The molecular weight excluding hydrogens is 373 g/mol. The highest BCUT2D eigenvalue weighted by molar-refractivity contribution is 5.77. The normalized spacial score (nSPS) is 17.4. The monoisotopic (exact) mass is 396 g/mol. The molecule has 2 aromatic rings. The number of halogens is 3. The van der Waals surface area contributed by atoms with Crippen LogP contribution in [0.15, 0.2) is 47.1 Å². The van der Waals surface area contributed by atoms with Gasteiger partial charge in [-0.3, -0.25) is 9.69 Å². The fourth-order valence-electron chi connectivity index (χ4n) is 3.40. The summed E-state index contributed by atoms with van der Waals surface area (Å²) in [7, 11) is 0. The van der Waals surface area contributed by atoms with Gasteiger partial charge in [0.25, 0.3) is 0 Å². The fraction of sp³-hybridized carbons (Fsp3) is 0.450. The third kappa shape index (κ3) is 4.56. The van der Waals surface area contributed by atoms with Crippen LogP contribution in [0.4, 0.5) is 13.2 Å². The first-order chi connectivity index (χ1) is 13.3. The quantitative estimate of drug-likeness (QED) is 0.754. The highest BCUT2D eigenvalue weighted by Gasteiger charge is 2.58. The predicted molar refractivity (Wildman–Crippen MR) is 96.1 cm³/mol. The topological polar surface area (TPSA) is 65.7 Å². The third-order valence-electron chi connectivity index (χ3n) is 5.00. The molecule has 1 aliphatic rings. The molecule has 0 radical (unpaired) electrons. The second-order valence-corrected chi connectivity index (χ2v) is 7.04. The predicted octanol–water partition coefficient (Wildman–Crippen LogP) is 3.33. The number of nitrogens with zero attached hydrogens (tertiary/aromatic N) is 1. The Kier molecular flexibility index (Phi) is 6.10. The Morgan fingerprint density at radius 1 is 1.11 bits per heavy atom. The van der Waals surface area contributed by atoms with E-state index in [-0.39, 0.29) is 6.54 Å². The number of hydrogen-bond donors (Lipinski definition) is 2. The first-order valence-electron chi connectivity index (χ1n) is 9.18. The molecule has 1 saturated heterocycles. The largest absolute Gasteiger partial charge is 0.466 e. The number of hydrogen-bond acceptors (Lipinski definition) is 4. The molecule has 3 rings (SSSR count). The number of benzene rings is 1. The van der Waals surface area contributed by atoms with Gasteiger partial charge in [-0.1, -0.05) is 24.3 Å². The van der Waals surface area contributed by atoms with Crippen molar-refractivity contribution >= 4 is 5.91 Å². The highest BCUT2D eigenvalue weighted by Crippen LogP contribution is 2.41. The lowest BCUT2D eigenvalue weighted by atomic mass is 9.95. The smallest absolute Gasteiger partial charge is 0.425 e. The number of rotatable bonds is 7. The molecule has 0 aliphatic carbocycles. The zero-order chi connectivity index (χ0) is 20.2. The molecule has 1 aliphatic heterocycles. The maximum Gasteiger partial charge on any atom is 0.425 e. The summed E-state index contributed by atoms with van der Waals surface area (Å²) in [6.45, 7) is 2.87. The summed E-state index contributed by atoms with van der Waals surface area (Å²) in [6.07, 6.45) is -2.88. The van der Waals surface area contributed by atoms with Crippen molar-refractivity contribution in [2.24, 2.45) is 0 Å². The SMILES string of the molecule is O=C(CC(O)(c1ccco1)C(F)(F)F)NCc1ccccc1CN1CCCC1. The van der Waals surface area contributed by atoms with Gasteiger partial charge in [-0.15, -0.1) is 0 Å². The molecule has 5 nitrogen and oxygen atoms in total. The minimum Gasteiger partial charge on any atom is -0.466 e. The van der Waals surface area contributed by atoms with Crippen LogP contribution in [0, 0.1) is 0 Å². The molecule has 0 bridgehead atoms. The van der Waals surface area contributed by atoms with Crippen molar-refractivity contribution < 1.29 is 27.5 Å². The molecule has 1 unspecified atom stereocenters. The Labute approximate surface area is 161 Å². The van der Waals surface area contributed by atoms with Gasteiger partial charge >= 0.3 is 6.18 Å².